The minimum atomic E-state index is -0.0457. The number of thiazole rings is 1. The van der Waals surface area contributed by atoms with Crippen molar-refractivity contribution in [3.63, 3.8) is 0 Å². The van der Waals surface area contributed by atoms with Crippen molar-refractivity contribution in [1.82, 2.24) is 20.5 Å². The van der Waals surface area contributed by atoms with Crippen LogP contribution in [0.4, 0.5) is 0 Å². The Morgan fingerprint density at radius 2 is 2.14 bits per heavy atom. The zero-order valence-corrected chi connectivity index (χ0v) is 13.9. The van der Waals surface area contributed by atoms with Crippen LogP contribution in [0.15, 0.2) is 17.6 Å². The summed E-state index contributed by atoms with van der Waals surface area (Å²) in [6.07, 6.45) is 1.74. The highest BCUT2D eigenvalue weighted by atomic mass is 32.1. The zero-order chi connectivity index (χ0) is 15.8. The highest BCUT2D eigenvalue weighted by Gasteiger charge is 2.06. The molecule has 0 aliphatic rings. The molecule has 0 saturated heterocycles. The molecule has 0 fully saturated rings. The number of rotatable bonds is 6. The average molecular weight is 309 g/mol. The first-order chi connectivity index (χ1) is 9.93. The van der Waals surface area contributed by atoms with Crippen molar-refractivity contribution >= 4 is 23.2 Å². The first-order valence-corrected chi connectivity index (χ1v) is 7.51. The van der Waals surface area contributed by atoms with Gasteiger partial charge in [0.05, 0.1) is 12.2 Å². The van der Waals surface area contributed by atoms with Gasteiger partial charge in [-0.15, -0.1) is 17.9 Å². The summed E-state index contributed by atoms with van der Waals surface area (Å²) in [6.45, 7) is 8.98. The number of aryl methyl sites for hydroxylation is 2. The minimum Gasteiger partial charge on any atom is -0.353 e. The Balaban J connectivity index is 2.62. The van der Waals surface area contributed by atoms with Gasteiger partial charge in [-0.05, 0) is 13.8 Å². The smallest absolute Gasteiger partial charge is 0.243 e. The molecule has 0 spiro atoms. The lowest BCUT2D eigenvalue weighted by molar-refractivity contribution is -0.127. The molecule has 1 amide bonds. The number of nitrogens with one attached hydrogen (secondary N) is 2. The van der Waals surface area contributed by atoms with Gasteiger partial charge in [0.2, 0.25) is 5.91 Å². The van der Waals surface area contributed by atoms with Gasteiger partial charge in [-0.3, -0.25) is 4.79 Å². The van der Waals surface area contributed by atoms with E-state index in [9.17, 15) is 4.79 Å². The van der Waals surface area contributed by atoms with Crippen LogP contribution < -0.4 is 10.6 Å². The summed E-state index contributed by atoms with van der Waals surface area (Å²) in [6, 6.07) is 0. The van der Waals surface area contributed by atoms with Crippen molar-refractivity contribution in [2.24, 2.45) is 4.99 Å². The number of carbonyl (C=O) groups excluding carboxylic acids is 1. The molecule has 0 aromatic carbocycles. The van der Waals surface area contributed by atoms with Gasteiger partial charge in [0.1, 0.15) is 11.6 Å². The van der Waals surface area contributed by atoms with Gasteiger partial charge < -0.3 is 15.5 Å². The summed E-state index contributed by atoms with van der Waals surface area (Å²) in [5.41, 5.74) is 1.05. The van der Waals surface area contributed by atoms with Crippen LogP contribution in [0, 0.1) is 13.8 Å². The van der Waals surface area contributed by atoms with Crippen LogP contribution in [-0.2, 0) is 11.3 Å². The van der Waals surface area contributed by atoms with E-state index in [0.29, 0.717) is 19.0 Å². The first kappa shape index (κ1) is 17.2. The molecule has 1 rings (SSSR count). The summed E-state index contributed by atoms with van der Waals surface area (Å²) < 4.78 is 0. The molecule has 7 heteroatoms. The largest absolute Gasteiger partial charge is 0.353 e. The van der Waals surface area contributed by atoms with Crippen molar-refractivity contribution in [3.05, 3.63) is 28.2 Å². The van der Waals surface area contributed by atoms with E-state index in [1.54, 1.807) is 31.5 Å². The molecular formula is C14H23N5OS. The van der Waals surface area contributed by atoms with Gasteiger partial charge in [0.25, 0.3) is 0 Å². The number of hydrogen-bond acceptors (Lipinski definition) is 4. The molecule has 1 aromatic heterocycles. The predicted molar refractivity (Wildman–Crippen MR) is 87.6 cm³/mol. The second-order valence-corrected chi connectivity index (χ2v) is 6.01. The quantitative estimate of drug-likeness (QED) is 0.468. The van der Waals surface area contributed by atoms with Crippen LogP contribution >= 0.6 is 11.3 Å². The number of aliphatic imine (C=N–C) groups is 1. The lowest BCUT2D eigenvalue weighted by Crippen LogP contribution is -2.38. The Kier molecular flexibility index (Phi) is 6.87. The molecule has 21 heavy (non-hydrogen) atoms. The maximum Gasteiger partial charge on any atom is 0.243 e. The molecule has 0 saturated carbocycles. The van der Waals surface area contributed by atoms with Gasteiger partial charge in [0, 0.05) is 25.5 Å². The van der Waals surface area contributed by atoms with Crippen molar-refractivity contribution in [3.8, 4) is 0 Å². The number of nitrogens with zero attached hydrogens (tertiary/aromatic N) is 3. The second kappa shape index (κ2) is 8.41. The first-order valence-electron chi connectivity index (χ1n) is 6.70. The fourth-order valence-electron chi connectivity index (χ4n) is 1.41. The van der Waals surface area contributed by atoms with Gasteiger partial charge in [-0.2, -0.15) is 0 Å². The molecule has 0 unspecified atom stereocenters. The number of amides is 1. The highest BCUT2D eigenvalue weighted by Crippen LogP contribution is 2.15. The van der Waals surface area contributed by atoms with Crippen molar-refractivity contribution in [2.75, 3.05) is 27.2 Å². The number of guanidine groups is 1. The topological polar surface area (TPSA) is 69.6 Å². The average Bonchev–Trinajstić information content (AvgIpc) is 2.76. The zero-order valence-electron chi connectivity index (χ0n) is 13.1. The van der Waals surface area contributed by atoms with E-state index >= 15 is 0 Å². The highest BCUT2D eigenvalue weighted by molar-refractivity contribution is 7.11. The normalized spacial score (nSPS) is 11.1. The van der Waals surface area contributed by atoms with Gasteiger partial charge >= 0.3 is 0 Å². The third kappa shape index (κ3) is 5.95. The van der Waals surface area contributed by atoms with Crippen LogP contribution in [0.3, 0.4) is 0 Å². The van der Waals surface area contributed by atoms with Gasteiger partial charge in [-0.25, -0.2) is 9.98 Å². The van der Waals surface area contributed by atoms with Crippen molar-refractivity contribution in [1.29, 1.82) is 0 Å². The summed E-state index contributed by atoms with van der Waals surface area (Å²) in [7, 11) is 3.42. The number of aromatic nitrogens is 1. The molecule has 1 heterocycles. The lowest BCUT2D eigenvalue weighted by Gasteiger charge is -2.12. The van der Waals surface area contributed by atoms with Crippen LogP contribution in [0.2, 0.25) is 0 Å². The molecule has 2 N–H and O–H groups in total. The molecule has 0 aliphatic heterocycles. The summed E-state index contributed by atoms with van der Waals surface area (Å²) in [5.74, 6) is 0.534. The van der Waals surface area contributed by atoms with Crippen molar-refractivity contribution in [2.45, 2.75) is 20.4 Å². The van der Waals surface area contributed by atoms with E-state index in [1.165, 1.54) is 9.78 Å². The maximum absolute atomic E-state index is 11.6. The Labute approximate surface area is 130 Å². The Morgan fingerprint density at radius 1 is 1.43 bits per heavy atom. The molecular weight excluding hydrogens is 286 g/mol. The molecule has 6 nitrogen and oxygen atoms in total. The van der Waals surface area contributed by atoms with Crippen LogP contribution in [0.1, 0.15) is 15.6 Å². The Hall–Kier alpha value is -1.89. The summed E-state index contributed by atoms with van der Waals surface area (Å²) in [5, 5.41) is 7.25. The fraction of sp³-hybridized carbons (Fsp3) is 0.500. The summed E-state index contributed by atoms with van der Waals surface area (Å²) >= 11 is 1.66. The van der Waals surface area contributed by atoms with Crippen LogP contribution in [0.5, 0.6) is 0 Å². The fourth-order valence-corrected chi connectivity index (χ4v) is 2.28. The SMILES string of the molecule is C=CCNC(=NCC(=O)N(C)C)NCc1nc(C)c(C)s1. The van der Waals surface area contributed by atoms with E-state index in [1.807, 2.05) is 6.92 Å². The van der Waals surface area contributed by atoms with Crippen LogP contribution in [-0.4, -0.2) is 48.9 Å². The van der Waals surface area contributed by atoms with E-state index in [0.717, 1.165) is 10.7 Å². The number of carbonyl (C=O) groups is 1. The van der Waals surface area contributed by atoms with E-state index in [-0.39, 0.29) is 12.5 Å². The second-order valence-electron chi connectivity index (χ2n) is 4.73. The third-order valence-electron chi connectivity index (χ3n) is 2.76. The number of likely N-dealkylation sites (N-methyl/N-ethyl adjacent to an activating group) is 1. The molecule has 1 aromatic rings. The minimum absolute atomic E-state index is 0.0457. The summed E-state index contributed by atoms with van der Waals surface area (Å²) in [4.78, 5) is 23.0. The molecule has 0 aliphatic carbocycles. The molecule has 0 atom stereocenters. The number of hydrogen-bond donors (Lipinski definition) is 2. The van der Waals surface area contributed by atoms with E-state index in [4.69, 9.17) is 0 Å². The standard InChI is InChI=1S/C14H23N5OS/c1-6-7-15-14(17-9-13(20)19(4)5)16-8-12-18-10(2)11(3)21-12/h6H,1,7-9H2,2-5H3,(H2,15,16,17). The third-order valence-corrected chi connectivity index (χ3v) is 3.84. The Bertz CT molecular complexity index is 502. The molecule has 0 bridgehead atoms. The van der Waals surface area contributed by atoms with Gasteiger partial charge in [-0.1, -0.05) is 6.08 Å². The maximum atomic E-state index is 11.6. The lowest BCUT2D eigenvalue weighted by atomic mass is 10.4. The monoisotopic (exact) mass is 309 g/mol. The van der Waals surface area contributed by atoms with E-state index in [2.05, 4.69) is 34.1 Å². The predicted octanol–water partition coefficient (Wildman–Crippen LogP) is 1.07. The van der Waals surface area contributed by atoms with Crippen LogP contribution in [0.25, 0.3) is 0 Å². The van der Waals surface area contributed by atoms with Gasteiger partial charge in [0.15, 0.2) is 5.96 Å². The molecule has 116 valence electrons. The molecule has 0 radical (unpaired) electrons. The van der Waals surface area contributed by atoms with Crippen molar-refractivity contribution < 1.29 is 4.79 Å². The Morgan fingerprint density at radius 3 is 2.67 bits per heavy atom. The van der Waals surface area contributed by atoms with E-state index < -0.39 is 0 Å².